The molecule has 1 aromatic rings. The number of ether oxygens (including phenoxy) is 2. The van der Waals surface area contributed by atoms with Crippen molar-refractivity contribution in [3.8, 4) is 5.75 Å². The van der Waals surface area contributed by atoms with Gasteiger partial charge in [0.05, 0.1) is 13.7 Å². The minimum atomic E-state index is 0.110. The van der Waals surface area contributed by atoms with Crippen LogP contribution in [0.15, 0.2) is 18.2 Å². The van der Waals surface area contributed by atoms with Gasteiger partial charge in [0.15, 0.2) is 0 Å². The van der Waals surface area contributed by atoms with E-state index in [4.69, 9.17) is 15.2 Å². The van der Waals surface area contributed by atoms with E-state index in [1.807, 2.05) is 0 Å². The normalized spacial score (nSPS) is 25.0. The van der Waals surface area contributed by atoms with E-state index in [9.17, 15) is 0 Å². The lowest BCUT2D eigenvalue weighted by molar-refractivity contribution is 0.194. The summed E-state index contributed by atoms with van der Waals surface area (Å²) in [5.41, 5.74) is 9.05. The third-order valence-electron chi connectivity index (χ3n) is 5.40. The molecule has 3 heteroatoms. The minimum Gasteiger partial charge on any atom is -0.496 e. The lowest BCUT2D eigenvalue weighted by atomic mass is 9.68. The van der Waals surface area contributed by atoms with Crippen molar-refractivity contribution >= 4 is 0 Å². The molecule has 0 aromatic heterocycles. The summed E-state index contributed by atoms with van der Waals surface area (Å²) in [5.74, 6) is 1.54. The summed E-state index contributed by atoms with van der Waals surface area (Å²) in [6, 6.07) is 6.69. The van der Waals surface area contributed by atoms with Crippen LogP contribution < -0.4 is 10.5 Å². The first-order chi connectivity index (χ1) is 10.3. The van der Waals surface area contributed by atoms with Crippen LogP contribution in [0.5, 0.6) is 5.75 Å². The third-order valence-corrected chi connectivity index (χ3v) is 5.40. The Balaban J connectivity index is 1.99. The molecule has 1 unspecified atom stereocenters. The second kappa shape index (κ2) is 6.37. The largest absolute Gasteiger partial charge is 0.496 e. The highest BCUT2D eigenvalue weighted by molar-refractivity contribution is 5.44. The second-order valence-corrected chi connectivity index (χ2v) is 6.57. The molecule has 2 N–H and O–H groups in total. The maximum Gasteiger partial charge on any atom is 0.122 e. The summed E-state index contributed by atoms with van der Waals surface area (Å²) in [6.07, 6.45) is 7.38. The van der Waals surface area contributed by atoms with Gasteiger partial charge in [-0.2, -0.15) is 0 Å². The lowest BCUT2D eigenvalue weighted by Gasteiger charge is -2.38. The van der Waals surface area contributed by atoms with Gasteiger partial charge in [-0.15, -0.1) is 0 Å². The van der Waals surface area contributed by atoms with Crippen LogP contribution in [0, 0.1) is 0 Å². The van der Waals surface area contributed by atoms with Crippen molar-refractivity contribution in [1.29, 1.82) is 0 Å². The van der Waals surface area contributed by atoms with Crippen LogP contribution >= 0.6 is 0 Å². The molecule has 2 fully saturated rings. The first kappa shape index (κ1) is 14.9. The Hall–Kier alpha value is -1.06. The first-order valence-electron chi connectivity index (χ1n) is 8.25. The van der Waals surface area contributed by atoms with Gasteiger partial charge in [-0.3, -0.25) is 0 Å². The molecular formula is C18H27NO2. The van der Waals surface area contributed by atoms with Crippen molar-refractivity contribution in [2.75, 3.05) is 26.9 Å². The molecule has 3 nitrogen and oxygen atoms in total. The molecule has 1 aliphatic carbocycles. The molecule has 1 saturated heterocycles. The first-order valence-corrected chi connectivity index (χ1v) is 8.25. The number of benzene rings is 1. The monoisotopic (exact) mass is 289 g/mol. The van der Waals surface area contributed by atoms with E-state index in [-0.39, 0.29) is 5.41 Å². The molecule has 0 amide bonds. The van der Waals surface area contributed by atoms with Gasteiger partial charge in [0, 0.05) is 30.0 Å². The van der Waals surface area contributed by atoms with Crippen molar-refractivity contribution in [1.82, 2.24) is 0 Å². The zero-order chi connectivity index (χ0) is 14.7. The van der Waals surface area contributed by atoms with E-state index >= 15 is 0 Å². The molecule has 3 rings (SSSR count). The van der Waals surface area contributed by atoms with Crippen LogP contribution in [0.4, 0.5) is 0 Å². The van der Waals surface area contributed by atoms with E-state index in [2.05, 4.69) is 18.2 Å². The highest BCUT2D eigenvalue weighted by Crippen LogP contribution is 2.44. The number of hydrogen-bond donors (Lipinski definition) is 1. The van der Waals surface area contributed by atoms with E-state index in [1.54, 1.807) is 7.11 Å². The zero-order valence-electron chi connectivity index (χ0n) is 13.1. The lowest BCUT2D eigenvalue weighted by Crippen LogP contribution is -2.37. The standard InChI is InChI=1S/C18H27NO2/c1-20-17-6-5-14(15-7-10-21-12-15)11-16(17)18(13-19)8-3-2-4-9-18/h5-6,11,15H,2-4,7-10,12-13,19H2,1H3. The van der Waals surface area contributed by atoms with Crippen molar-refractivity contribution in [2.24, 2.45) is 5.73 Å². The van der Waals surface area contributed by atoms with Gasteiger partial charge in [-0.1, -0.05) is 31.4 Å². The Bertz CT molecular complexity index is 474. The molecular weight excluding hydrogens is 262 g/mol. The Kier molecular flexibility index (Phi) is 4.51. The Morgan fingerprint density at radius 1 is 1.29 bits per heavy atom. The van der Waals surface area contributed by atoms with E-state index in [1.165, 1.54) is 43.2 Å². The van der Waals surface area contributed by atoms with Crippen molar-refractivity contribution in [3.05, 3.63) is 29.3 Å². The van der Waals surface area contributed by atoms with Crippen LogP contribution in [-0.4, -0.2) is 26.9 Å². The van der Waals surface area contributed by atoms with Crippen molar-refractivity contribution < 1.29 is 9.47 Å². The molecule has 0 radical (unpaired) electrons. The fraction of sp³-hybridized carbons (Fsp3) is 0.667. The SMILES string of the molecule is COc1ccc(C2CCOC2)cc1C1(CN)CCCCC1. The van der Waals surface area contributed by atoms with Gasteiger partial charge in [-0.25, -0.2) is 0 Å². The van der Waals surface area contributed by atoms with Crippen molar-refractivity contribution in [3.63, 3.8) is 0 Å². The summed E-state index contributed by atoms with van der Waals surface area (Å²) < 4.78 is 11.2. The molecule has 0 spiro atoms. The van der Waals surface area contributed by atoms with Gasteiger partial charge in [0.25, 0.3) is 0 Å². The molecule has 1 aromatic carbocycles. The number of methoxy groups -OCH3 is 1. The molecule has 0 bridgehead atoms. The smallest absolute Gasteiger partial charge is 0.122 e. The summed E-state index contributed by atoms with van der Waals surface area (Å²) in [6.45, 7) is 2.45. The highest BCUT2D eigenvalue weighted by Gasteiger charge is 2.35. The van der Waals surface area contributed by atoms with Gasteiger partial charge in [0.1, 0.15) is 5.75 Å². The van der Waals surface area contributed by atoms with E-state index in [0.29, 0.717) is 12.5 Å². The molecule has 116 valence electrons. The van der Waals surface area contributed by atoms with Crippen LogP contribution in [-0.2, 0) is 10.2 Å². The summed E-state index contributed by atoms with van der Waals surface area (Å²) in [5, 5.41) is 0. The minimum absolute atomic E-state index is 0.110. The van der Waals surface area contributed by atoms with Crippen LogP contribution in [0.25, 0.3) is 0 Å². The quantitative estimate of drug-likeness (QED) is 0.924. The molecule has 21 heavy (non-hydrogen) atoms. The fourth-order valence-electron chi connectivity index (χ4n) is 4.00. The predicted octanol–water partition coefficient (Wildman–Crippen LogP) is 3.36. The van der Waals surface area contributed by atoms with Gasteiger partial charge >= 0.3 is 0 Å². The van der Waals surface area contributed by atoms with Crippen LogP contribution in [0.1, 0.15) is 55.6 Å². The maximum atomic E-state index is 6.22. The maximum absolute atomic E-state index is 6.22. The molecule has 1 atom stereocenters. The molecule has 1 heterocycles. The molecule has 2 aliphatic rings. The zero-order valence-corrected chi connectivity index (χ0v) is 13.1. The van der Waals surface area contributed by atoms with Crippen molar-refractivity contribution in [2.45, 2.75) is 49.9 Å². The Morgan fingerprint density at radius 3 is 2.71 bits per heavy atom. The number of hydrogen-bond acceptors (Lipinski definition) is 3. The highest BCUT2D eigenvalue weighted by atomic mass is 16.5. The van der Waals surface area contributed by atoms with Gasteiger partial charge < -0.3 is 15.2 Å². The Labute approximate surface area is 127 Å². The van der Waals surface area contributed by atoms with E-state index in [0.717, 1.165) is 25.4 Å². The average molecular weight is 289 g/mol. The average Bonchev–Trinajstić information content (AvgIpc) is 3.09. The van der Waals surface area contributed by atoms with Gasteiger partial charge in [-0.05, 0) is 30.9 Å². The van der Waals surface area contributed by atoms with E-state index < -0.39 is 0 Å². The summed E-state index contributed by atoms with van der Waals surface area (Å²) in [7, 11) is 1.77. The third kappa shape index (κ3) is 2.82. The topological polar surface area (TPSA) is 44.5 Å². The molecule has 1 saturated carbocycles. The second-order valence-electron chi connectivity index (χ2n) is 6.57. The predicted molar refractivity (Wildman–Crippen MR) is 85.0 cm³/mol. The fourth-order valence-corrected chi connectivity index (χ4v) is 4.00. The summed E-state index contributed by atoms with van der Waals surface area (Å²) in [4.78, 5) is 0. The van der Waals surface area contributed by atoms with Crippen LogP contribution in [0.2, 0.25) is 0 Å². The van der Waals surface area contributed by atoms with Gasteiger partial charge in [0.2, 0.25) is 0 Å². The number of rotatable bonds is 4. The Morgan fingerprint density at radius 2 is 2.10 bits per heavy atom. The van der Waals surface area contributed by atoms with Crippen LogP contribution in [0.3, 0.4) is 0 Å². The summed E-state index contributed by atoms with van der Waals surface area (Å²) >= 11 is 0. The number of nitrogens with two attached hydrogens (primary N) is 1. The molecule has 1 aliphatic heterocycles.